The molecule has 0 amide bonds. The lowest BCUT2D eigenvalue weighted by atomic mass is 10.1. The Bertz CT molecular complexity index is 760. The van der Waals surface area contributed by atoms with Gasteiger partial charge in [0.15, 0.2) is 5.16 Å². The smallest absolute Gasteiger partial charge is 0.169 e. The summed E-state index contributed by atoms with van der Waals surface area (Å²) in [5.41, 5.74) is 11.4. The zero-order valence-corrected chi connectivity index (χ0v) is 13.2. The van der Waals surface area contributed by atoms with Crippen molar-refractivity contribution < 1.29 is 0 Å². The Balaban J connectivity index is 1.83. The third kappa shape index (κ3) is 2.90. The summed E-state index contributed by atoms with van der Waals surface area (Å²) in [5.74, 6) is 0.901. The van der Waals surface area contributed by atoms with Crippen molar-refractivity contribution >= 4 is 28.5 Å². The van der Waals surface area contributed by atoms with E-state index >= 15 is 0 Å². The van der Waals surface area contributed by atoms with Crippen LogP contribution >= 0.6 is 11.8 Å². The molecule has 0 saturated carbocycles. The minimum atomic E-state index is 0.804. The van der Waals surface area contributed by atoms with Crippen molar-refractivity contribution in [3.63, 3.8) is 0 Å². The lowest BCUT2D eigenvalue weighted by molar-refractivity contribution is 0.815. The van der Waals surface area contributed by atoms with Crippen LogP contribution in [0.2, 0.25) is 0 Å². The van der Waals surface area contributed by atoms with Gasteiger partial charge < -0.3 is 10.3 Å². The molecule has 0 bridgehead atoms. The Kier molecular flexibility index (Phi) is 3.88. The summed E-state index contributed by atoms with van der Waals surface area (Å²) in [7, 11) is 2.08. The Morgan fingerprint density at radius 2 is 1.81 bits per heavy atom. The number of hydrogen-bond acceptors (Lipinski definition) is 3. The summed E-state index contributed by atoms with van der Waals surface area (Å²) in [6.45, 7) is 2.17. The largest absolute Gasteiger partial charge is 0.399 e. The molecule has 0 radical (unpaired) electrons. The molecule has 3 aromatic rings. The van der Waals surface area contributed by atoms with Crippen LogP contribution in [0.15, 0.2) is 47.6 Å². The van der Waals surface area contributed by atoms with Gasteiger partial charge in [-0.1, -0.05) is 36.9 Å². The van der Waals surface area contributed by atoms with Crippen molar-refractivity contribution in [3.05, 3.63) is 53.6 Å². The third-order valence-corrected chi connectivity index (χ3v) is 4.76. The van der Waals surface area contributed by atoms with E-state index in [2.05, 4.69) is 48.9 Å². The summed E-state index contributed by atoms with van der Waals surface area (Å²) in [6.07, 6.45) is 1.04. The molecule has 0 atom stereocenters. The first-order valence-electron chi connectivity index (χ1n) is 7.10. The van der Waals surface area contributed by atoms with Crippen molar-refractivity contribution in [1.82, 2.24) is 9.55 Å². The Labute approximate surface area is 129 Å². The minimum absolute atomic E-state index is 0.804. The number of hydrogen-bond donors (Lipinski definition) is 1. The van der Waals surface area contributed by atoms with Gasteiger partial charge in [-0.2, -0.15) is 0 Å². The van der Waals surface area contributed by atoms with Crippen LogP contribution in [0, 0.1) is 0 Å². The van der Waals surface area contributed by atoms with E-state index in [1.807, 2.05) is 12.1 Å². The molecule has 0 saturated heterocycles. The Hall–Kier alpha value is -1.94. The molecule has 2 N–H and O–H groups in total. The highest BCUT2D eigenvalue weighted by atomic mass is 32.2. The molecule has 3 nitrogen and oxygen atoms in total. The second-order valence-corrected chi connectivity index (χ2v) is 6.10. The van der Waals surface area contributed by atoms with Crippen molar-refractivity contribution in [2.24, 2.45) is 7.05 Å². The molecule has 4 heteroatoms. The van der Waals surface area contributed by atoms with Gasteiger partial charge in [0.1, 0.15) is 0 Å². The zero-order valence-electron chi connectivity index (χ0n) is 12.3. The summed E-state index contributed by atoms with van der Waals surface area (Å²) in [6, 6.07) is 14.5. The van der Waals surface area contributed by atoms with Gasteiger partial charge in [0.05, 0.1) is 11.0 Å². The van der Waals surface area contributed by atoms with E-state index in [-0.39, 0.29) is 0 Å². The van der Waals surface area contributed by atoms with Crippen LogP contribution in [-0.4, -0.2) is 9.55 Å². The molecule has 3 rings (SSSR count). The number of imidazole rings is 1. The molecule has 0 aliphatic heterocycles. The van der Waals surface area contributed by atoms with Crippen LogP contribution in [0.3, 0.4) is 0 Å². The Morgan fingerprint density at radius 3 is 2.52 bits per heavy atom. The molecular weight excluding hydrogens is 278 g/mol. The number of aryl methyl sites for hydroxylation is 2. The van der Waals surface area contributed by atoms with Crippen LogP contribution in [0.5, 0.6) is 0 Å². The second kappa shape index (κ2) is 5.82. The number of nitrogens with two attached hydrogens (primary N) is 1. The average molecular weight is 297 g/mol. The van der Waals surface area contributed by atoms with Crippen molar-refractivity contribution in [3.8, 4) is 0 Å². The van der Waals surface area contributed by atoms with Gasteiger partial charge >= 0.3 is 0 Å². The first kappa shape index (κ1) is 14.0. The van der Waals surface area contributed by atoms with Gasteiger partial charge in [0.2, 0.25) is 0 Å². The monoisotopic (exact) mass is 297 g/mol. The number of thioether (sulfide) groups is 1. The molecule has 0 aliphatic carbocycles. The maximum absolute atomic E-state index is 5.71. The predicted molar refractivity (Wildman–Crippen MR) is 90.5 cm³/mol. The van der Waals surface area contributed by atoms with E-state index < -0.39 is 0 Å². The summed E-state index contributed by atoms with van der Waals surface area (Å²) >= 11 is 1.76. The lowest BCUT2D eigenvalue weighted by Gasteiger charge is -2.03. The van der Waals surface area contributed by atoms with Crippen molar-refractivity contribution in [2.75, 3.05) is 5.73 Å². The standard InChI is InChI=1S/C17H19N3S/c1-3-12-6-9-16-15(10-12)19-17(20(16)2)21-11-13-4-7-14(18)8-5-13/h4-10H,3,11,18H2,1-2H3. The van der Waals surface area contributed by atoms with Gasteiger partial charge in [-0.05, 0) is 41.8 Å². The molecule has 1 heterocycles. The number of benzene rings is 2. The molecule has 0 fully saturated rings. The van der Waals surface area contributed by atoms with Crippen LogP contribution in [0.4, 0.5) is 5.69 Å². The number of anilines is 1. The molecule has 108 valence electrons. The van der Waals surface area contributed by atoms with Crippen molar-refractivity contribution in [2.45, 2.75) is 24.3 Å². The maximum Gasteiger partial charge on any atom is 0.169 e. The second-order valence-electron chi connectivity index (χ2n) is 5.16. The van der Waals surface area contributed by atoms with Gasteiger partial charge in [-0.25, -0.2) is 4.98 Å². The SMILES string of the molecule is CCc1ccc2c(c1)nc(SCc1ccc(N)cc1)n2C. The van der Waals surface area contributed by atoms with Crippen LogP contribution in [0.1, 0.15) is 18.1 Å². The highest BCUT2D eigenvalue weighted by Crippen LogP contribution is 2.26. The molecule has 21 heavy (non-hydrogen) atoms. The normalized spacial score (nSPS) is 11.1. The lowest BCUT2D eigenvalue weighted by Crippen LogP contribution is -1.91. The van der Waals surface area contributed by atoms with E-state index in [0.29, 0.717) is 0 Å². The molecule has 0 aliphatic rings. The number of rotatable bonds is 4. The fraction of sp³-hybridized carbons (Fsp3) is 0.235. The number of fused-ring (bicyclic) bond motifs is 1. The van der Waals surface area contributed by atoms with E-state index in [1.54, 1.807) is 11.8 Å². The first-order chi connectivity index (χ1) is 10.2. The first-order valence-corrected chi connectivity index (χ1v) is 8.08. The van der Waals surface area contributed by atoms with Crippen LogP contribution in [-0.2, 0) is 19.2 Å². The fourth-order valence-corrected chi connectivity index (χ4v) is 3.28. The molecule has 1 aromatic heterocycles. The van der Waals surface area contributed by atoms with E-state index in [0.717, 1.165) is 28.5 Å². The molecule has 2 aromatic carbocycles. The molecule has 0 unspecified atom stereocenters. The molecule has 0 spiro atoms. The van der Waals surface area contributed by atoms with Gasteiger partial charge in [-0.3, -0.25) is 0 Å². The van der Waals surface area contributed by atoms with E-state index in [9.17, 15) is 0 Å². The molecular formula is C17H19N3S. The highest BCUT2D eigenvalue weighted by Gasteiger charge is 2.08. The van der Waals surface area contributed by atoms with Crippen LogP contribution in [0.25, 0.3) is 11.0 Å². The average Bonchev–Trinajstić information content (AvgIpc) is 2.82. The van der Waals surface area contributed by atoms with Gasteiger partial charge in [0, 0.05) is 18.5 Å². The van der Waals surface area contributed by atoms with Gasteiger partial charge in [0.25, 0.3) is 0 Å². The number of aromatic nitrogens is 2. The third-order valence-electron chi connectivity index (χ3n) is 3.66. The summed E-state index contributed by atoms with van der Waals surface area (Å²) in [5, 5.41) is 1.05. The van der Waals surface area contributed by atoms with Crippen molar-refractivity contribution in [1.29, 1.82) is 0 Å². The summed E-state index contributed by atoms with van der Waals surface area (Å²) in [4.78, 5) is 4.75. The topological polar surface area (TPSA) is 43.8 Å². The van der Waals surface area contributed by atoms with Gasteiger partial charge in [-0.15, -0.1) is 0 Å². The maximum atomic E-state index is 5.71. The fourth-order valence-electron chi connectivity index (χ4n) is 2.33. The number of nitrogen functional groups attached to an aromatic ring is 1. The van der Waals surface area contributed by atoms with E-state index in [4.69, 9.17) is 10.7 Å². The van der Waals surface area contributed by atoms with E-state index in [1.165, 1.54) is 16.6 Å². The van der Waals surface area contributed by atoms with Crippen LogP contribution < -0.4 is 5.73 Å². The Morgan fingerprint density at radius 1 is 1.10 bits per heavy atom. The quantitative estimate of drug-likeness (QED) is 0.584. The number of nitrogens with zero attached hydrogens (tertiary/aromatic N) is 2. The summed E-state index contributed by atoms with van der Waals surface area (Å²) < 4.78 is 2.16. The predicted octanol–water partition coefficient (Wildman–Crippen LogP) is 4.01. The highest BCUT2D eigenvalue weighted by molar-refractivity contribution is 7.98. The zero-order chi connectivity index (χ0) is 14.8. The minimum Gasteiger partial charge on any atom is -0.399 e.